The number of nitrogens with one attached hydrogen (secondary N) is 2. The lowest BCUT2D eigenvalue weighted by atomic mass is 9.82. The fraction of sp³-hybridized carbons (Fsp3) is 0.179. The van der Waals surface area contributed by atoms with E-state index in [2.05, 4.69) is 10.6 Å². The van der Waals surface area contributed by atoms with Gasteiger partial charge in [0.1, 0.15) is 5.25 Å². The van der Waals surface area contributed by atoms with Gasteiger partial charge in [0.05, 0.1) is 11.8 Å². The first-order chi connectivity index (χ1) is 17.8. The minimum Gasteiger partial charge on any atom is -0.481 e. The van der Waals surface area contributed by atoms with Crippen LogP contribution in [0, 0.1) is 11.8 Å². The molecule has 0 saturated heterocycles. The number of allylic oxidation sites excluding steroid dienone is 2. The topological polar surface area (TPSA) is 95.5 Å². The number of halogens is 2. The van der Waals surface area contributed by atoms with E-state index in [1.54, 1.807) is 42.5 Å². The molecule has 0 aliphatic heterocycles. The maximum atomic E-state index is 13.4. The summed E-state index contributed by atoms with van der Waals surface area (Å²) in [6.07, 6.45) is 4.34. The molecule has 0 heterocycles. The van der Waals surface area contributed by atoms with Gasteiger partial charge in [0.2, 0.25) is 11.8 Å². The zero-order valence-electron chi connectivity index (χ0n) is 19.6. The number of thioether (sulfide) groups is 1. The van der Waals surface area contributed by atoms with E-state index in [4.69, 9.17) is 23.2 Å². The van der Waals surface area contributed by atoms with Crippen molar-refractivity contribution in [1.29, 1.82) is 0 Å². The van der Waals surface area contributed by atoms with E-state index in [1.165, 1.54) is 11.8 Å². The number of hydrogen-bond donors (Lipinski definition) is 3. The van der Waals surface area contributed by atoms with Crippen LogP contribution in [-0.2, 0) is 14.4 Å². The Bertz CT molecular complexity index is 1310. The second-order valence-corrected chi connectivity index (χ2v) is 10.6. The molecular formula is C28H24Cl2N2O4S. The van der Waals surface area contributed by atoms with Crippen LogP contribution in [0.5, 0.6) is 0 Å². The molecule has 3 unspecified atom stereocenters. The number of amides is 2. The summed E-state index contributed by atoms with van der Waals surface area (Å²) in [5.74, 6) is -2.98. The molecule has 9 heteroatoms. The number of anilines is 2. The van der Waals surface area contributed by atoms with E-state index in [-0.39, 0.29) is 11.8 Å². The van der Waals surface area contributed by atoms with Gasteiger partial charge in [-0.05, 0) is 54.8 Å². The molecule has 4 rings (SSSR count). The summed E-state index contributed by atoms with van der Waals surface area (Å²) in [4.78, 5) is 38.6. The van der Waals surface area contributed by atoms with Crippen LogP contribution in [0.4, 0.5) is 11.4 Å². The van der Waals surface area contributed by atoms with Crippen molar-refractivity contribution in [1.82, 2.24) is 0 Å². The van der Waals surface area contributed by atoms with Crippen LogP contribution in [0.3, 0.4) is 0 Å². The van der Waals surface area contributed by atoms with Crippen LogP contribution in [0.15, 0.2) is 89.8 Å². The molecular weight excluding hydrogens is 531 g/mol. The number of carboxylic acids is 1. The first-order valence-corrected chi connectivity index (χ1v) is 13.2. The third kappa shape index (κ3) is 7.16. The lowest BCUT2D eigenvalue weighted by molar-refractivity contribution is -0.146. The van der Waals surface area contributed by atoms with Crippen LogP contribution >= 0.6 is 35.0 Å². The highest BCUT2D eigenvalue weighted by Crippen LogP contribution is 2.38. The van der Waals surface area contributed by atoms with Crippen LogP contribution in [0.2, 0.25) is 10.0 Å². The molecule has 0 saturated carbocycles. The molecule has 3 aromatic carbocycles. The van der Waals surface area contributed by atoms with E-state index in [1.807, 2.05) is 42.5 Å². The van der Waals surface area contributed by atoms with Crippen molar-refractivity contribution in [3.05, 3.63) is 101 Å². The summed E-state index contributed by atoms with van der Waals surface area (Å²) in [6, 6.07) is 21.3. The van der Waals surface area contributed by atoms with Gasteiger partial charge in [0.25, 0.3) is 0 Å². The summed E-state index contributed by atoms with van der Waals surface area (Å²) in [7, 11) is 0. The quantitative estimate of drug-likeness (QED) is 0.204. The smallest absolute Gasteiger partial charge is 0.307 e. The van der Waals surface area contributed by atoms with Crippen LogP contribution in [0.25, 0.3) is 0 Å². The summed E-state index contributed by atoms with van der Waals surface area (Å²) >= 11 is 13.5. The maximum absolute atomic E-state index is 13.4. The van der Waals surface area contributed by atoms with Gasteiger partial charge >= 0.3 is 5.97 Å². The van der Waals surface area contributed by atoms with Gasteiger partial charge in [-0.25, -0.2) is 0 Å². The molecule has 3 atom stereocenters. The van der Waals surface area contributed by atoms with E-state index >= 15 is 0 Å². The Hall–Kier alpha value is -3.26. The predicted molar refractivity (Wildman–Crippen MR) is 148 cm³/mol. The van der Waals surface area contributed by atoms with Crippen molar-refractivity contribution in [3.63, 3.8) is 0 Å². The molecule has 6 nitrogen and oxygen atoms in total. The number of aliphatic carboxylic acids is 1. The largest absolute Gasteiger partial charge is 0.481 e. The molecule has 2 amide bonds. The van der Waals surface area contributed by atoms with E-state index in [0.29, 0.717) is 34.3 Å². The van der Waals surface area contributed by atoms with Gasteiger partial charge in [-0.1, -0.05) is 71.8 Å². The summed E-state index contributed by atoms with van der Waals surface area (Å²) in [5, 5.41) is 15.4. The van der Waals surface area contributed by atoms with Crippen molar-refractivity contribution in [2.24, 2.45) is 11.8 Å². The zero-order chi connectivity index (χ0) is 26.4. The number of carbonyl (C=O) groups excluding carboxylic acids is 2. The van der Waals surface area contributed by atoms with E-state index in [0.717, 1.165) is 10.5 Å². The lowest BCUT2D eigenvalue weighted by Gasteiger charge is -2.24. The number of rotatable bonds is 8. The summed E-state index contributed by atoms with van der Waals surface area (Å²) in [6.45, 7) is 0. The number of hydrogen-bond acceptors (Lipinski definition) is 4. The van der Waals surface area contributed by atoms with Gasteiger partial charge in [-0.2, -0.15) is 0 Å². The van der Waals surface area contributed by atoms with Gasteiger partial charge in [-0.3, -0.25) is 14.4 Å². The monoisotopic (exact) mass is 554 g/mol. The number of carbonyl (C=O) groups is 3. The van der Waals surface area contributed by atoms with Gasteiger partial charge in [0.15, 0.2) is 0 Å². The second-order valence-electron chi connectivity index (χ2n) is 8.57. The fourth-order valence-electron chi connectivity index (χ4n) is 4.13. The van der Waals surface area contributed by atoms with Crippen LogP contribution in [0.1, 0.15) is 23.7 Å². The SMILES string of the molecule is O=C(Nc1cc(Cl)cc(Cl)c1)C(Sc1cccc(NC(=O)C2CC=CCC2C(=O)O)c1)c1ccccc1. The molecule has 0 bridgehead atoms. The van der Waals surface area contributed by atoms with Crippen LogP contribution in [-0.4, -0.2) is 22.9 Å². The highest BCUT2D eigenvalue weighted by atomic mass is 35.5. The molecule has 0 radical (unpaired) electrons. The third-order valence-electron chi connectivity index (χ3n) is 5.91. The summed E-state index contributed by atoms with van der Waals surface area (Å²) < 4.78 is 0. The number of carboxylic acid groups (broad SMARTS) is 1. The van der Waals surface area contributed by atoms with Gasteiger partial charge < -0.3 is 15.7 Å². The normalized spacial score (nSPS) is 17.6. The lowest BCUT2D eigenvalue weighted by Crippen LogP contribution is -2.34. The third-order valence-corrected chi connectivity index (χ3v) is 7.60. The Morgan fingerprint density at radius 2 is 1.49 bits per heavy atom. The molecule has 3 N–H and O–H groups in total. The Morgan fingerprint density at radius 3 is 2.16 bits per heavy atom. The molecule has 1 aliphatic carbocycles. The minimum absolute atomic E-state index is 0.262. The maximum Gasteiger partial charge on any atom is 0.307 e. The van der Waals surface area contributed by atoms with Crippen molar-refractivity contribution in [3.8, 4) is 0 Å². The molecule has 0 aromatic heterocycles. The molecule has 3 aromatic rings. The van der Waals surface area contributed by atoms with Gasteiger partial charge in [0, 0.05) is 26.3 Å². The highest BCUT2D eigenvalue weighted by Gasteiger charge is 2.34. The Balaban J connectivity index is 1.53. The standard InChI is InChI=1S/C28H24Cl2N2O4S/c29-18-13-19(30)15-21(14-18)32-27(34)25(17-7-2-1-3-8-17)37-22-10-6-9-20(16-22)31-26(33)23-11-4-5-12-24(23)28(35)36/h1-10,13-16,23-25H,11-12H2,(H,31,33)(H,32,34)(H,35,36). The Kier molecular flexibility index (Phi) is 8.92. The fourth-order valence-corrected chi connectivity index (χ4v) is 5.74. The highest BCUT2D eigenvalue weighted by molar-refractivity contribution is 8.00. The molecule has 37 heavy (non-hydrogen) atoms. The summed E-state index contributed by atoms with van der Waals surface area (Å²) in [5.41, 5.74) is 1.81. The van der Waals surface area contributed by atoms with Crippen LogP contribution < -0.4 is 10.6 Å². The average Bonchev–Trinajstić information content (AvgIpc) is 2.87. The van der Waals surface area contributed by atoms with Crippen molar-refractivity contribution in [2.45, 2.75) is 23.0 Å². The van der Waals surface area contributed by atoms with Gasteiger partial charge in [-0.15, -0.1) is 11.8 Å². The average molecular weight is 555 g/mol. The Labute approximate surface area is 229 Å². The molecule has 0 spiro atoms. The van der Waals surface area contributed by atoms with Crippen molar-refractivity contribution < 1.29 is 19.5 Å². The second kappa shape index (κ2) is 12.3. The van der Waals surface area contributed by atoms with Crippen molar-refractivity contribution in [2.75, 3.05) is 10.6 Å². The molecule has 190 valence electrons. The molecule has 1 aliphatic rings. The first kappa shape index (κ1) is 26.8. The predicted octanol–water partition coefficient (Wildman–Crippen LogP) is 7.07. The minimum atomic E-state index is -0.980. The zero-order valence-corrected chi connectivity index (χ0v) is 21.9. The Morgan fingerprint density at radius 1 is 0.811 bits per heavy atom. The number of benzene rings is 3. The van der Waals surface area contributed by atoms with E-state index in [9.17, 15) is 19.5 Å². The first-order valence-electron chi connectivity index (χ1n) is 11.6. The van der Waals surface area contributed by atoms with Crippen molar-refractivity contribution >= 4 is 64.1 Å². The molecule has 0 fully saturated rings. The van der Waals surface area contributed by atoms with E-state index < -0.39 is 23.1 Å².